The van der Waals surface area contributed by atoms with Crippen molar-refractivity contribution in [2.24, 2.45) is 0 Å². The van der Waals surface area contributed by atoms with Crippen molar-refractivity contribution in [1.29, 1.82) is 0 Å². The van der Waals surface area contributed by atoms with Crippen LogP contribution in [0.1, 0.15) is 13.3 Å². The van der Waals surface area contributed by atoms with E-state index in [-0.39, 0.29) is 5.91 Å². The van der Waals surface area contributed by atoms with Crippen molar-refractivity contribution in [3.05, 3.63) is 49.1 Å². The number of pyridine rings is 1. The fourth-order valence-corrected chi connectivity index (χ4v) is 1.88. The Morgan fingerprint density at radius 1 is 1.27 bits per heavy atom. The second-order valence-corrected chi connectivity index (χ2v) is 4.53. The van der Waals surface area contributed by atoms with Gasteiger partial charge < -0.3 is 5.32 Å². The van der Waals surface area contributed by atoms with Gasteiger partial charge in [0, 0.05) is 42.8 Å². The number of amides is 1. The Bertz CT molecular complexity index is 770. The monoisotopic (exact) mass is 294 g/mol. The molecule has 7 heteroatoms. The quantitative estimate of drug-likeness (QED) is 0.796. The minimum Gasteiger partial charge on any atom is -0.311 e. The number of nitrogens with zero attached hydrogens (tertiary/aromatic N) is 5. The van der Waals surface area contributed by atoms with Crippen molar-refractivity contribution in [3.8, 4) is 17.2 Å². The molecule has 0 aromatic carbocycles. The third kappa shape index (κ3) is 2.98. The molecule has 0 saturated carbocycles. The lowest BCUT2D eigenvalue weighted by molar-refractivity contribution is -0.115. The molecule has 0 unspecified atom stereocenters. The zero-order valence-electron chi connectivity index (χ0n) is 12.0. The van der Waals surface area contributed by atoms with Gasteiger partial charge in [-0.15, -0.1) is 0 Å². The van der Waals surface area contributed by atoms with Crippen LogP contribution in [0.25, 0.3) is 17.2 Å². The zero-order chi connectivity index (χ0) is 15.4. The highest BCUT2D eigenvalue weighted by Gasteiger charge is 2.10. The molecular formula is C15H14N6O. The summed E-state index contributed by atoms with van der Waals surface area (Å²) in [6, 6.07) is 7.23. The number of anilines is 1. The standard InChI is InChI=1S/C15H14N6O/c1-2-14(22)19-13-9-12(11-5-3-6-16-10-11)18-15(20-13)21-8-4-7-17-21/h3-10H,2H2,1H3,(H,18,19,20,22). The van der Waals surface area contributed by atoms with E-state index in [0.29, 0.717) is 23.9 Å². The van der Waals surface area contributed by atoms with Gasteiger partial charge in [-0.1, -0.05) is 6.92 Å². The van der Waals surface area contributed by atoms with E-state index < -0.39 is 0 Å². The van der Waals surface area contributed by atoms with Gasteiger partial charge in [-0.2, -0.15) is 10.1 Å². The van der Waals surface area contributed by atoms with Gasteiger partial charge in [0.2, 0.25) is 5.91 Å². The average Bonchev–Trinajstić information content (AvgIpc) is 3.10. The first-order valence-corrected chi connectivity index (χ1v) is 6.85. The van der Waals surface area contributed by atoms with Crippen LogP contribution >= 0.6 is 0 Å². The molecule has 0 atom stereocenters. The lowest BCUT2D eigenvalue weighted by Gasteiger charge is -2.08. The number of nitrogens with one attached hydrogen (secondary N) is 1. The third-order valence-corrected chi connectivity index (χ3v) is 2.97. The summed E-state index contributed by atoms with van der Waals surface area (Å²) in [5.41, 5.74) is 1.50. The average molecular weight is 294 g/mol. The molecule has 0 aliphatic rings. The van der Waals surface area contributed by atoms with Gasteiger partial charge in [0.05, 0.1) is 5.69 Å². The van der Waals surface area contributed by atoms with Crippen LogP contribution in [0.3, 0.4) is 0 Å². The van der Waals surface area contributed by atoms with Crippen molar-refractivity contribution < 1.29 is 4.79 Å². The van der Waals surface area contributed by atoms with Crippen molar-refractivity contribution in [2.45, 2.75) is 13.3 Å². The summed E-state index contributed by atoms with van der Waals surface area (Å²) < 4.78 is 1.54. The van der Waals surface area contributed by atoms with Gasteiger partial charge in [0.15, 0.2) is 0 Å². The van der Waals surface area contributed by atoms with Crippen molar-refractivity contribution in [3.63, 3.8) is 0 Å². The number of carbonyl (C=O) groups excluding carboxylic acids is 1. The topological polar surface area (TPSA) is 85.6 Å². The molecule has 3 aromatic rings. The highest BCUT2D eigenvalue weighted by atomic mass is 16.1. The van der Waals surface area contributed by atoms with Gasteiger partial charge in [-0.3, -0.25) is 9.78 Å². The fourth-order valence-electron chi connectivity index (χ4n) is 1.88. The SMILES string of the molecule is CCC(=O)Nc1cc(-c2cccnc2)nc(-n2cccn2)n1. The molecule has 110 valence electrons. The minimum absolute atomic E-state index is 0.109. The molecular weight excluding hydrogens is 280 g/mol. The molecule has 1 amide bonds. The van der Waals surface area contributed by atoms with Gasteiger partial charge in [0.25, 0.3) is 5.95 Å². The normalized spacial score (nSPS) is 10.4. The van der Waals surface area contributed by atoms with E-state index in [0.717, 1.165) is 5.56 Å². The third-order valence-electron chi connectivity index (χ3n) is 2.97. The van der Waals surface area contributed by atoms with Crippen LogP contribution < -0.4 is 5.32 Å². The Balaban J connectivity index is 2.07. The summed E-state index contributed by atoms with van der Waals surface area (Å²) in [5.74, 6) is 0.714. The smallest absolute Gasteiger partial charge is 0.253 e. The maximum atomic E-state index is 11.6. The van der Waals surface area contributed by atoms with Crippen molar-refractivity contribution in [2.75, 3.05) is 5.32 Å². The van der Waals surface area contributed by atoms with E-state index in [1.54, 1.807) is 48.5 Å². The predicted molar refractivity (Wildman–Crippen MR) is 81.3 cm³/mol. The molecule has 3 aromatic heterocycles. The fraction of sp³-hybridized carbons (Fsp3) is 0.133. The Kier molecular flexibility index (Phi) is 3.86. The van der Waals surface area contributed by atoms with Crippen LogP contribution in [0.2, 0.25) is 0 Å². The summed E-state index contributed by atoms with van der Waals surface area (Å²) >= 11 is 0. The summed E-state index contributed by atoms with van der Waals surface area (Å²) in [5, 5.41) is 6.88. The van der Waals surface area contributed by atoms with E-state index in [1.165, 1.54) is 0 Å². The molecule has 0 bridgehead atoms. The molecule has 0 fully saturated rings. The lowest BCUT2D eigenvalue weighted by atomic mass is 10.2. The van der Waals surface area contributed by atoms with Gasteiger partial charge in [-0.25, -0.2) is 9.67 Å². The second-order valence-electron chi connectivity index (χ2n) is 4.53. The lowest BCUT2D eigenvalue weighted by Crippen LogP contribution is -2.13. The van der Waals surface area contributed by atoms with Gasteiger partial charge in [0.1, 0.15) is 5.82 Å². The Morgan fingerprint density at radius 3 is 2.86 bits per heavy atom. The molecule has 1 N–H and O–H groups in total. The maximum Gasteiger partial charge on any atom is 0.253 e. The second kappa shape index (κ2) is 6.13. The van der Waals surface area contributed by atoms with Crippen LogP contribution in [-0.2, 0) is 4.79 Å². The van der Waals surface area contributed by atoms with Crippen molar-refractivity contribution in [1.82, 2.24) is 24.7 Å². The van der Waals surface area contributed by atoms with E-state index in [4.69, 9.17) is 0 Å². The van der Waals surface area contributed by atoms with Gasteiger partial charge >= 0.3 is 0 Å². The van der Waals surface area contributed by atoms with E-state index in [1.807, 2.05) is 12.1 Å². The first kappa shape index (κ1) is 13.9. The number of carbonyl (C=O) groups is 1. The first-order valence-electron chi connectivity index (χ1n) is 6.85. The molecule has 0 aliphatic carbocycles. The highest BCUT2D eigenvalue weighted by molar-refractivity contribution is 5.90. The zero-order valence-corrected chi connectivity index (χ0v) is 12.0. The molecule has 3 heterocycles. The number of aromatic nitrogens is 5. The molecule has 0 radical (unpaired) electrons. The van der Waals surface area contributed by atoms with Crippen LogP contribution in [0.4, 0.5) is 5.82 Å². The molecule has 22 heavy (non-hydrogen) atoms. The van der Waals surface area contributed by atoms with Crippen LogP contribution in [0.15, 0.2) is 49.1 Å². The van der Waals surface area contributed by atoms with E-state index in [9.17, 15) is 4.79 Å². The molecule has 7 nitrogen and oxygen atoms in total. The number of rotatable bonds is 4. The molecule has 3 rings (SSSR count). The summed E-state index contributed by atoms with van der Waals surface area (Å²) in [4.78, 5) is 24.5. The van der Waals surface area contributed by atoms with Gasteiger partial charge in [-0.05, 0) is 18.2 Å². The number of hydrogen-bond acceptors (Lipinski definition) is 5. The summed E-state index contributed by atoms with van der Waals surface area (Å²) in [7, 11) is 0. The van der Waals surface area contributed by atoms with Crippen LogP contribution in [0.5, 0.6) is 0 Å². The van der Waals surface area contributed by atoms with Crippen LogP contribution in [-0.4, -0.2) is 30.6 Å². The molecule has 0 aliphatic heterocycles. The summed E-state index contributed by atoms with van der Waals surface area (Å²) in [6.07, 6.45) is 7.17. The highest BCUT2D eigenvalue weighted by Crippen LogP contribution is 2.20. The van der Waals surface area contributed by atoms with Crippen molar-refractivity contribution >= 4 is 11.7 Å². The van der Waals surface area contributed by atoms with E-state index in [2.05, 4.69) is 25.4 Å². The molecule has 0 saturated heterocycles. The minimum atomic E-state index is -0.109. The predicted octanol–water partition coefficient (Wildman–Crippen LogP) is 2.07. The Hall–Kier alpha value is -3.09. The maximum absolute atomic E-state index is 11.6. The Labute approximate surface area is 127 Å². The van der Waals surface area contributed by atoms with E-state index >= 15 is 0 Å². The first-order chi connectivity index (χ1) is 10.8. The Morgan fingerprint density at radius 2 is 2.18 bits per heavy atom. The largest absolute Gasteiger partial charge is 0.311 e. The summed E-state index contributed by atoms with van der Waals surface area (Å²) in [6.45, 7) is 1.78. The number of hydrogen-bond donors (Lipinski definition) is 1. The molecule has 0 spiro atoms. The van der Waals surface area contributed by atoms with Crippen LogP contribution in [0, 0.1) is 0 Å².